The summed E-state index contributed by atoms with van der Waals surface area (Å²) in [7, 11) is 0. The van der Waals surface area contributed by atoms with Crippen molar-refractivity contribution in [2.45, 2.75) is 13.5 Å². The molecule has 2 aromatic heterocycles. The zero-order chi connectivity index (χ0) is 17.6. The van der Waals surface area contributed by atoms with Gasteiger partial charge in [-0.25, -0.2) is 9.97 Å². The van der Waals surface area contributed by atoms with Crippen molar-refractivity contribution < 1.29 is 4.79 Å². The number of nitrogens with one attached hydrogen (secondary N) is 2. The monoisotopic (exact) mass is 353 g/mol. The number of anilines is 2. The third-order valence-corrected chi connectivity index (χ3v) is 3.91. The van der Waals surface area contributed by atoms with E-state index >= 15 is 0 Å². The largest absolute Gasteiger partial charge is 0.364 e. The van der Waals surface area contributed by atoms with Crippen LogP contribution in [-0.4, -0.2) is 20.9 Å². The van der Waals surface area contributed by atoms with Gasteiger partial charge in [0.25, 0.3) is 5.91 Å². The number of carbonyl (C=O) groups is 1. The Kier molecular flexibility index (Phi) is 5.20. The van der Waals surface area contributed by atoms with E-state index in [0.29, 0.717) is 23.1 Å². The van der Waals surface area contributed by atoms with E-state index in [-0.39, 0.29) is 11.6 Å². The summed E-state index contributed by atoms with van der Waals surface area (Å²) in [5, 5.41) is 6.49. The van der Waals surface area contributed by atoms with Gasteiger partial charge < -0.3 is 10.6 Å². The predicted molar refractivity (Wildman–Crippen MR) is 97.7 cm³/mol. The lowest BCUT2D eigenvalue weighted by atomic mass is 10.2. The number of rotatable bonds is 5. The number of nitrogens with zero attached hydrogens (tertiary/aromatic N) is 3. The molecule has 2 heterocycles. The fraction of sp³-hybridized carbons (Fsp3) is 0.111. The van der Waals surface area contributed by atoms with Crippen LogP contribution in [0.3, 0.4) is 0 Å². The Labute approximate surface area is 150 Å². The zero-order valence-electron chi connectivity index (χ0n) is 13.5. The minimum atomic E-state index is -0.330. The van der Waals surface area contributed by atoms with Crippen LogP contribution in [0.4, 0.5) is 11.5 Å². The molecule has 0 saturated heterocycles. The molecule has 0 atom stereocenters. The molecule has 0 bridgehead atoms. The lowest BCUT2D eigenvalue weighted by Crippen LogP contribution is -2.14. The Morgan fingerprint density at radius 2 is 2.00 bits per heavy atom. The predicted octanol–water partition coefficient (Wildman–Crippen LogP) is 3.70. The molecule has 0 unspecified atom stereocenters. The third-order valence-electron chi connectivity index (χ3n) is 3.51. The summed E-state index contributed by atoms with van der Waals surface area (Å²) >= 11 is 6.08. The van der Waals surface area contributed by atoms with E-state index in [1.165, 1.54) is 6.33 Å². The first-order chi connectivity index (χ1) is 12.1. The van der Waals surface area contributed by atoms with Gasteiger partial charge in [-0.2, -0.15) is 0 Å². The molecule has 2 N–H and O–H groups in total. The molecule has 3 aromatic rings. The normalized spacial score (nSPS) is 10.3. The Morgan fingerprint density at radius 1 is 1.12 bits per heavy atom. The lowest BCUT2D eigenvalue weighted by Gasteiger charge is -2.08. The molecule has 0 fully saturated rings. The van der Waals surface area contributed by atoms with Gasteiger partial charge in [0.05, 0.1) is 12.2 Å². The van der Waals surface area contributed by atoms with Crippen molar-refractivity contribution in [3.05, 3.63) is 77.0 Å². The van der Waals surface area contributed by atoms with Crippen LogP contribution in [0.25, 0.3) is 0 Å². The highest BCUT2D eigenvalue weighted by Gasteiger charge is 2.10. The van der Waals surface area contributed by atoms with Gasteiger partial charge in [-0.1, -0.05) is 23.7 Å². The first kappa shape index (κ1) is 16.9. The third kappa shape index (κ3) is 4.51. The van der Waals surface area contributed by atoms with Crippen molar-refractivity contribution in [1.82, 2.24) is 15.0 Å². The fourth-order valence-corrected chi connectivity index (χ4v) is 2.31. The summed E-state index contributed by atoms with van der Waals surface area (Å²) in [4.78, 5) is 24.7. The van der Waals surface area contributed by atoms with Crippen LogP contribution < -0.4 is 10.6 Å². The molecule has 0 radical (unpaired) electrons. The van der Waals surface area contributed by atoms with Crippen LogP contribution in [-0.2, 0) is 6.54 Å². The van der Waals surface area contributed by atoms with Crippen molar-refractivity contribution in [3.63, 3.8) is 0 Å². The highest BCUT2D eigenvalue weighted by molar-refractivity contribution is 6.31. The van der Waals surface area contributed by atoms with E-state index in [1.807, 2.05) is 31.2 Å². The highest BCUT2D eigenvalue weighted by Crippen LogP contribution is 2.20. The maximum Gasteiger partial charge on any atom is 0.274 e. The topological polar surface area (TPSA) is 79.8 Å². The number of aromatic nitrogens is 3. The molecule has 25 heavy (non-hydrogen) atoms. The minimum Gasteiger partial charge on any atom is -0.364 e. The van der Waals surface area contributed by atoms with Gasteiger partial charge in [-0.3, -0.25) is 9.78 Å². The van der Waals surface area contributed by atoms with Gasteiger partial charge >= 0.3 is 0 Å². The van der Waals surface area contributed by atoms with Gasteiger partial charge in [-0.15, -0.1) is 0 Å². The Bertz CT molecular complexity index is 886. The van der Waals surface area contributed by atoms with Gasteiger partial charge in [0.2, 0.25) is 0 Å². The molecule has 126 valence electrons. The van der Waals surface area contributed by atoms with E-state index in [9.17, 15) is 4.79 Å². The molecule has 0 aliphatic rings. The average Bonchev–Trinajstić information content (AvgIpc) is 2.64. The SMILES string of the molecule is Cc1ccc(NC(=O)c2cc(NCc3ccccn3)ncn2)cc1Cl. The summed E-state index contributed by atoms with van der Waals surface area (Å²) in [6.45, 7) is 2.41. The lowest BCUT2D eigenvalue weighted by molar-refractivity contribution is 0.102. The summed E-state index contributed by atoms with van der Waals surface area (Å²) in [5.41, 5.74) is 2.70. The number of carbonyl (C=O) groups excluding carboxylic acids is 1. The van der Waals surface area contributed by atoms with E-state index in [0.717, 1.165) is 11.3 Å². The van der Waals surface area contributed by atoms with Gasteiger partial charge in [0, 0.05) is 23.0 Å². The summed E-state index contributed by atoms with van der Waals surface area (Å²) in [5.74, 6) is 0.218. The van der Waals surface area contributed by atoms with Crippen molar-refractivity contribution in [1.29, 1.82) is 0 Å². The molecule has 0 aliphatic heterocycles. The molecule has 7 heteroatoms. The van der Waals surface area contributed by atoms with Gasteiger partial charge in [-0.05, 0) is 36.8 Å². The molecular weight excluding hydrogens is 338 g/mol. The van der Waals surface area contributed by atoms with Crippen LogP contribution in [0.2, 0.25) is 5.02 Å². The second-order valence-corrected chi connectivity index (χ2v) is 5.79. The van der Waals surface area contributed by atoms with Gasteiger partial charge in [0.15, 0.2) is 0 Å². The summed E-state index contributed by atoms with van der Waals surface area (Å²) < 4.78 is 0. The van der Waals surface area contributed by atoms with E-state index in [1.54, 1.807) is 24.4 Å². The van der Waals surface area contributed by atoms with Crippen molar-refractivity contribution in [2.24, 2.45) is 0 Å². The molecule has 0 spiro atoms. The van der Waals surface area contributed by atoms with E-state index in [2.05, 4.69) is 25.6 Å². The zero-order valence-corrected chi connectivity index (χ0v) is 14.3. The van der Waals surface area contributed by atoms with Crippen molar-refractivity contribution >= 4 is 29.0 Å². The second-order valence-electron chi connectivity index (χ2n) is 5.38. The quantitative estimate of drug-likeness (QED) is 0.731. The molecule has 1 amide bonds. The average molecular weight is 354 g/mol. The maximum atomic E-state index is 12.4. The number of halogens is 1. The Balaban J connectivity index is 1.67. The van der Waals surface area contributed by atoms with E-state index in [4.69, 9.17) is 11.6 Å². The fourth-order valence-electron chi connectivity index (χ4n) is 2.13. The molecule has 3 rings (SSSR count). The van der Waals surface area contributed by atoms with Crippen LogP contribution in [0.15, 0.2) is 55.0 Å². The molecule has 0 aliphatic carbocycles. The van der Waals surface area contributed by atoms with Crippen LogP contribution in [0.1, 0.15) is 21.7 Å². The highest BCUT2D eigenvalue weighted by atomic mass is 35.5. The smallest absolute Gasteiger partial charge is 0.274 e. The number of amides is 1. The molecule has 6 nitrogen and oxygen atoms in total. The van der Waals surface area contributed by atoms with Crippen LogP contribution in [0, 0.1) is 6.92 Å². The maximum absolute atomic E-state index is 12.4. The van der Waals surface area contributed by atoms with Crippen LogP contribution >= 0.6 is 11.6 Å². The summed E-state index contributed by atoms with van der Waals surface area (Å²) in [6.07, 6.45) is 3.07. The number of pyridine rings is 1. The number of aryl methyl sites for hydroxylation is 1. The minimum absolute atomic E-state index is 0.259. The van der Waals surface area contributed by atoms with Crippen molar-refractivity contribution in [2.75, 3.05) is 10.6 Å². The van der Waals surface area contributed by atoms with Gasteiger partial charge in [0.1, 0.15) is 17.8 Å². The molecular formula is C18H16ClN5O. The number of hydrogen-bond donors (Lipinski definition) is 2. The molecule has 0 saturated carbocycles. The number of benzene rings is 1. The van der Waals surface area contributed by atoms with Crippen LogP contribution in [0.5, 0.6) is 0 Å². The van der Waals surface area contributed by atoms with Crippen molar-refractivity contribution in [3.8, 4) is 0 Å². The Morgan fingerprint density at radius 3 is 2.76 bits per heavy atom. The number of hydrogen-bond acceptors (Lipinski definition) is 5. The first-order valence-electron chi connectivity index (χ1n) is 7.65. The standard InChI is InChI=1S/C18H16ClN5O/c1-12-5-6-13(8-15(12)19)24-18(25)16-9-17(23-11-22-16)21-10-14-4-2-3-7-20-14/h2-9,11H,10H2,1H3,(H,24,25)(H,21,22,23). The molecule has 1 aromatic carbocycles. The first-order valence-corrected chi connectivity index (χ1v) is 8.03. The summed E-state index contributed by atoms with van der Waals surface area (Å²) in [6, 6.07) is 12.6. The van der Waals surface area contributed by atoms with E-state index < -0.39 is 0 Å². The second kappa shape index (κ2) is 7.72. The Hall–Kier alpha value is -2.99.